The molecule has 0 radical (unpaired) electrons. The van der Waals surface area contributed by atoms with E-state index in [0.29, 0.717) is 0 Å². The average Bonchev–Trinajstić information content (AvgIpc) is 2.91. The number of hydrogen-bond acceptors (Lipinski definition) is 2. The second-order valence-electron chi connectivity index (χ2n) is 5.88. The molecule has 0 unspecified atom stereocenters. The lowest BCUT2D eigenvalue weighted by Gasteiger charge is -2.23. The minimum Gasteiger partial charge on any atom is -0.317 e. The second kappa shape index (κ2) is 7.68. The number of hydrogen-bond donors (Lipinski definition) is 1. The summed E-state index contributed by atoms with van der Waals surface area (Å²) in [5.41, 5.74) is 1.63. The molecule has 3 nitrogen and oxygen atoms in total. The quantitative estimate of drug-likeness (QED) is 0.901. The van der Waals surface area contributed by atoms with Gasteiger partial charge in [0.1, 0.15) is 0 Å². The largest absolute Gasteiger partial charge is 0.317 e. The first-order valence-electron chi connectivity index (χ1n) is 7.85. The van der Waals surface area contributed by atoms with E-state index in [4.69, 9.17) is 0 Å². The van der Waals surface area contributed by atoms with Crippen LogP contribution in [0.15, 0.2) is 12.4 Å². The highest BCUT2D eigenvalue weighted by Gasteiger charge is 2.20. The summed E-state index contributed by atoms with van der Waals surface area (Å²) in [6.45, 7) is 14.2. The molecule has 0 saturated carbocycles. The summed E-state index contributed by atoms with van der Waals surface area (Å²) in [6.07, 6.45) is 8.01. The van der Waals surface area contributed by atoms with Gasteiger partial charge in [0.25, 0.3) is 0 Å². The Hall–Kier alpha value is -0.830. The molecule has 1 saturated heterocycles. The van der Waals surface area contributed by atoms with Crippen LogP contribution in [0.4, 0.5) is 0 Å². The molecule has 0 aromatic carbocycles. The SMILES string of the molecule is CC.CCC(C)(C)c1cnn(CC2CCNCC2)c1. The fourth-order valence-electron chi connectivity index (χ4n) is 2.35. The first kappa shape index (κ1) is 16.2. The van der Waals surface area contributed by atoms with Gasteiger partial charge < -0.3 is 5.32 Å². The number of rotatable bonds is 4. The van der Waals surface area contributed by atoms with E-state index in [1.54, 1.807) is 0 Å². The molecule has 0 spiro atoms. The number of aromatic nitrogens is 2. The average molecular weight is 265 g/mol. The molecule has 110 valence electrons. The Morgan fingerprint density at radius 2 is 1.95 bits per heavy atom. The smallest absolute Gasteiger partial charge is 0.0527 e. The third kappa shape index (κ3) is 4.64. The Morgan fingerprint density at radius 1 is 1.32 bits per heavy atom. The molecule has 0 amide bonds. The lowest BCUT2D eigenvalue weighted by atomic mass is 9.84. The molecule has 2 heterocycles. The van der Waals surface area contributed by atoms with Crippen molar-refractivity contribution in [2.24, 2.45) is 5.92 Å². The van der Waals surface area contributed by atoms with Gasteiger partial charge in [0, 0.05) is 12.7 Å². The Balaban J connectivity index is 0.000000861. The van der Waals surface area contributed by atoms with Gasteiger partial charge in [0.05, 0.1) is 6.20 Å². The van der Waals surface area contributed by atoms with Crippen LogP contribution in [0.3, 0.4) is 0 Å². The fraction of sp³-hybridized carbons (Fsp3) is 0.812. The topological polar surface area (TPSA) is 29.9 Å². The molecular formula is C16H31N3. The zero-order chi connectivity index (χ0) is 14.3. The summed E-state index contributed by atoms with van der Waals surface area (Å²) in [4.78, 5) is 0. The molecule has 1 aliphatic heterocycles. The summed E-state index contributed by atoms with van der Waals surface area (Å²) in [5, 5.41) is 7.93. The van der Waals surface area contributed by atoms with Gasteiger partial charge in [-0.2, -0.15) is 5.10 Å². The molecule has 1 aromatic heterocycles. The summed E-state index contributed by atoms with van der Waals surface area (Å²) in [5.74, 6) is 0.800. The van der Waals surface area contributed by atoms with Gasteiger partial charge in [0.2, 0.25) is 0 Å². The van der Waals surface area contributed by atoms with Crippen molar-refractivity contribution in [3.63, 3.8) is 0 Å². The van der Waals surface area contributed by atoms with Crippen molar-refractivity contribution in [3.05, 3.63) is 18.0 Å². The Bertz CT molecular complexity index is 349. The van der Waals surface area contributed by atoms with Crippen LogP contribution in [0.5, 0.6) is 0 Å². The van der Waals surface area contributed by atoms with E-state index in [0.717, 1.165) is 18.9 Å². The van der Waals surface area contributed by atoms with Crippen LogP contribution in [-0.4, -0.2) is 22.9 Å². The van der Waals surface area contributed by atoms with Gasteiger partial charge in [-0.25, -0.2) is 0 Å². The van der Waals surface area contributed by atoms with E-state index in [9.17, 15) is 0 Å². The van der Waals surface area contributed by atoms with Crippen LogP contribution in [0.1, 0.15) is 59.4 Å². The lowest BCUT2D eigenvalue weighted by molar-refractivity contribution is 0.321. The van der Waals surface area contributed by atoms with Gasteiger partial charge in [-0.3, -0.25) is 4.68 Å². The van der Waals surface area contributed by atoms with Crippen LogP contribution in [0.2, 0.25) is 0 Å². The van der Waals surface area contributed by atoms with E-state index in [2.05, 4.69) is 42.1 Å². The molecule has 1 N–H and O–H groups in total. The fourth-order valence-corrected chi connectivity index (χ4v) is 2.35. The van der Waals surface area contributed by atoms with Gasteiger partial charge >= 0.3 is 0 Å². The maximum Gasteiger partial charge on any atom is 0.0527 e. The van der Waals surface area contributed by atoms with E-state index in [1.807, 2.05) is 20.0 Å². The van der Waals surface area contributed by atoms with Crippen molar-refractivity contribution < 1.29 is 0 Å². The zero-order valence-corrected chi connectivity index (χ0v) is 13.4. The molecule has 0 atom stereocenters. The molecule has 3 heteroatoms. The van der Waals surface area contributed by atoms with Crippen LogP contribution < -0.4 is 5.32 Å². The summed E-state index contributed by atoms with van der Waals surface area (Å²) < 4.78 is 2.14. The molecule has 1 fully saturated rings. The minimum absolute atomic E-state index is 0.256. The lowest BCUT2D eigenvalue weighted by Crippen LogP contribution is -2.30. The number of nitrogens with one attached hydrogen (secondary N) is 1. The Kier molecular flexibility index (Phi) is 6.56. The first-order valence-corrected chi connectivity index (χ1v) is 7.85. The highest BCUT2D eigenvalue weighted by atomic mass is 15.3. The number of nitrogens with zero attached hydrogens (tertiary/aromatic N) is 2. The highest BCUT2D eigenvalue weighted by Crippen LogP contribution is 2.26. The minimum atomic E-state index is 0.256. The summed E-state index contributed by atoms with van der Waals surface area (Å²) in [6, 6.07) is 0. The summed E-state index contributed by atoms with van der Waals surface area (Å²) in [7, 11) is 0. The molecule has 0 bridgehead atoms. The predicted octanol–water partition coefficient (Wildman–Crippen LogP) is 3.60. The molecule has 19 heavy (non-hydrogen) atoms. The Labute approximate surface area is 118 Å². The Morgan fingerprint density at radius 3 is 2.53 bits per heavy atom. The molecule has 2 rings (SSSR count). The van der Waals surface area contributed by atoms with Gasteiger partial charge in [-0.15, -0.1) is 0 Å². The predicted molar refractivity (Wildman–Crippen MR) is 82.5 cm³/mol. The van der Waals surface area contributed by atoms with Crippen molar-refractivity contribution in [3.8, 4) is 0 Å². The third-order valence-corrected chi connectivity index (χ3v) is 4.20. The monoisotopic (exact) mass is 265 g/mol. The van der Waals surface area contributed by atoms with Crippen molar-refractivity contribution in [2.45, 2.75) is 65.8 Å². The van der Waals surface area contributed by atoms with Crippen molar-refractivity contribution >= 4 is 0 Å². The normalized spacial score (nSPS) is 16.9. The van der Waals surface area contributed by atoms with E-state index in [-0.39, 0.29) is 5.41 Å². The van der Waals surface area contributed by atoms with Crippen molar-refractivity contribution in [1.82, 2.24) is 15.1 Å². The van der Waals surface area contributed by atoms with Crippen LogP contribution >= 0.6 is 0 Å². The molecule has 1 aromatic rings. The molecular weight excluding hydrogens is 234 g/mol. The second-order valence-corrected chi connectivity index (χ2v) is 5.88. The summed E-state index contributed by atoms with van der Waals surface area (Å²) >= 11 is 0. The maximum absolute atomic E-state index is 4.52. The van der Waals surface area contributed by atoms with Gasteiger partial charge in [0.15, 0.2) is 0 Å². The van der Waals surface area contributed by atoms with Gasteiger partial charge in [-0.1, -0.05) is 34.6 Å². The third-order valence-electron chi connectivity index (χ3n) is 4.20. The standard InChI is InChI=1S/C14H25N3.C2H6/c1-4-14(2,3)13-9-16-17(11-13)10-12-5-7-15-8-6-12;1-2/h9,11-12,15H,4-8,10H2,1-3H3;1-2H3. The molecule has 0 aliphatic carbocycles. The van der Waals surface area contributed by atoms with Crippen LogP contribution in [-0.2, 0) is 12.0 Å². The molecule has 1 aliphatic rings. The first-order chi connectivity index (χ1) is 9.12. The maximum atomic E-state index is 4.52. The van der Waals surface area contributed by atoms with E-state index in [1.165, 1.54) is 31.5 Å². The van der Waals surface area contributed by atoms with Crippen molar-refractivity contribution in [1.29, 1.82) is 0 Å². The number of piperidine rings is 1. The van der Waals surface area contributed by atoms with E-state index < -0.39 is 0 Å². The zero-order valence-electron chi connectivity index (χ0n) is 13.4. The van der Waals surface area contributed by atoms with Crippen LogP contribution in [0, 0.1) is 5.92 Å². The van der Waals surface area contributed by atoms with E-state index >= 15 is 0 Å². The van der Waals surface area contributed by atoms with Gasteiger partial charge in [-0.05, 0) is 49.2 Å². The van der Waals surface area contributed by atoms with Crippen molar-refractivity contribution in [2.75, 3.05) is 13.1 Å². The van der Waals surface area contributed by atoms with Crippen LogP contribution in [0.25, 0.3) is 0 Å². The highest BCUT2D eigenvalue weighted by molar-refractivity contribution is 5.16.